The molecule has 0 aromatic heterocycles. The van der Waals surface area contributed by atoms with Gasteiger partial charge in [-0.1, -0.05) is 23.2 Å². The average molecular weight is 209 g/mol. The summed E-state index contributed by atoms with van der Waals surface area (Å²) < 4.78 is 0. The normalized spacial score (nSPS) is 8.83. The van der Waals surface area contributed by atoms with Crippen LogP contribution < -0.4 is 0 Å². The van der Waals surface area contributed by atoms with Crippen molar-refractivity contribution in [1.82, 2.24) is 0 Å². The van der Waals surface area contributed by atoms with E-state index in [0.29, 0.717) is 5.02 Å². The van der Waals surface area contributed by atoms with Crippen molar-refractivity contribution in [3.05, 3.63) is 33.8 Å². The number of carboxylic acid groups (broad SMARTS) is 1. The first kappa shape index (κ1) is 11.2. The second kappa shape index (κ2) is 4.30. The number of carboxylic acids is 1. The lowest BCUT2D eigenvalue weighted by atomic mass is 10.2. The zero-order chi connectivity index (χ0) is 8.43. The molecule has 5 heteroatoms. The molecule has 0 fully saturated rings. The molecule has 0 radical (unpaired) electrons. The van der Waals surface area contributed by atoms with Crippen molar-refractivity contribution >= 4 is 29.2 Å². The fraction of sp³-hybridized carbons (Fsp3) is 0. The van der Waals surface area contributed by atoms with Gasteiger partial charge in [0.2, 0.25) is 0 Å². The van der Waals surface area contributed by atoms with E-state index in [4.69, 9.17) is 28.3 Å². The SMILES string of the molecule is O.O=C(O)c1ccc(Cl)cc1Cl. The maximum atomic E-state index is 10.4. The quantitative estimate of drug-likeness (QED) is 0.766. The van der Waals surface area contributed by atoms with Crippen molar-refractivity contribution in [2.75, 3.05) is 0 Å². The lowest BCUT2D eigenvalue weighted by molar-refractivity contribution is 0.0697. The van der Waals surface area contributed by atoms with Gasteiger partial charge in [-0.2, -0.15) is 0 Å². The summed E-state index contributed by atoms with van der Waals surface area (Å²) in [5.74, 6) is -1.05. The van der Waals surface area contributed by atoms with Gasteiger partial charge in [-0.15, -0.1) is 0 Å². The van der Waals surface area contributed by atoms with Gasteiger partial charge in [0.25, 0.3) is 0 Å². The first-order chi connectivity index (χ1) is 5.11. The molecule has 0 aliphatic rings. The Hall–Kier alpha value is -0.770. The minimum atomic E-state index is -1.05. The molecule has 0 heterocycles. The van der Waals surface area contributed by atoms with Crippen LogP contribution in [0.1, 0.15) is 10.4 Å². The molecule has 1 aromatic carbocycles. The highest BCUT2D eigenvalue weighted by Crippen LogP contribution is 2.20. The van der Waals surface area contributed by atoms with E-state index in [1.807, 2.05) is 0 Å². The van der Waals surface area contributed by atoms with Crippen LogP contribution >= 0.6 is 23.2 Å². The Morgan fingerprint density at radius 3 is 2.33 bits per heavy atom. The Bertz CT molecular complexity index is 299. The van der Waals surface area contributed by atoms with Gasteiger partial charge in [-0.25, -0.2) is 4.79 Å². The Morgan fingerprint density at radius 2 is 1.92 bits per heavy atom. The van der Waals surface area contributed by atoms with Crippen LogP contribution in [0.2, 0.25) is 10.0 Å². The standard InChI is InChI=1S/C7H4Cl2O2.H2O/c8-4-1-2-5(7(10)11)6(9)3-4;/h1-3H,(H,10,11);1H2. The molecule has 3 nitrogen and oxygen atoms in total. The fourth-order valence-corrected chi connectivity index (χ4v) is 1.15. The number of carbonyl (C=O) groups is 1. The number of hydrogen-bond acceptors (Lipinski definition) is 1. The predicted molar refractivity (Wildman–Crippen MR) is 47.0 cm³/mol. The van der Waals surface area contributed by atoms with Crippen LogP contribution in [0.25, 0.3) is 0 Å². The number of aromatic carboxylic acids is 1. The highest BCUT2D eigenvalue weighted by atomic mass is 35.5. The zero-order valence-corrected chi connectivity index (χ0v) is 7.36. The molecule has 0 atom stereocenters. The second-order valence-corrected chi connectivity index (χ2v) is 2.77. The maximum absolute atomic E-state index is 10.4. The summed E-state index contributed by atoms with van der Waals surface area (Å²) in [5.41, 5.74) is 0.0658. The van der Waals surface area contributed by atoms with E-state index in [0.717, 1.165) is 0 Å². The van der Waals surface area contributed by atoms with Crippen LogP contribution in [0.3, 0.4) is 0 Å². The molecule has 0 bridgehead atoms. The molecule has 0 aliphatic heterocycles. The van der Waals surface area contributed by atoms with Crippen molar-refractivity contribution in [3.8, 4) is 0 Å². The number of rotatable bonds is 1. The summed E-state index contributed by atoms with van der Waals surface area (Å²) in [6.45, 7) is 0. The molecular weight excluding hydrogens is 203 g/mol. The van der Waals surface area contributed by atoms with Gasteiger partial charge in [0, 0.05) is 5.02 Å². The second-order valence-electron chi connectivity index (χ2n) is 1.93. The van der Waals surface area contributed by atoms with Gasteiger partial charge in [0.1, 0.15) is 0 Å². The maximum Gasteiger partial charge on any atom is 0.337 e. The summed E-state index contributed by atoms with van der Waals surface area (Å²) in [6.07, 6.45) is 0. The first-order valence-corrected chi connectivity index (χ1v) is 3.55. The molecule has 1 aromatic rings. The van der Waals surface area contributed by atoms with Crippen molar-refractivity contribution in [1.29, 1.82) is 0 Å². The van der Waals surface area contributed by atoms with E-state index in [9.17, 15) is 4.79 Å². The molecule has 0 amide bonds. The smallest absolute Gasteiger partial charge is 0.337 e. The summed E-state index contributed by atoms with van der Waals surface area (Å²) in [7, 11) is 0. The van der Waals surface area contributed by atoms with Crippen LogP contribution in [0.15, 0.2) is 18.2 Å². The number of hydrogen-bond donors (Lipinski definition) is 1. The third kappa shape index (κ3) is 2.37. The van der Waals surface area contributed by atoms with Gasteiger partial charge in [0.15, 0.2) is 0 Å². The molecule has 3 N–H and O–H groups in total. The van der Waals surface area contributed by atoms with Crippen LogP contribution in [-0.2, 0) is 0 Å². The predicted octanol–water partition coefficient (Wildman–Crippen LogP) is 1.87. The van der Waals surface area contributed by atoms with Crippen molar-refractivity contribution in [3.63, 3.8) is 0 Å². The lowest BCUT2D eigenvalue weighted by Crippen LogP contribution is -1.96. The number of benzene rings is 1. The molecule has 1 rings (SSSR count). The molecule has 0 spiro atoms. The lowest BCUT2D eigenvalue weighted by Gasteiger charge is -1.96. The van der Waals surface area contributed by atoms with E-state index in [1.54, 1.807) is 0 Å². The van der Waals surface area contributed by atoms with Crippen LogP contribution in [0, 0.1) is 0 Å². The Balaban J connectivity index is 0.00000121. The summed E-state index contributed by atoms with van der Waals surface area (Å²) in [6, 6.07) is 4.25. The van der Waals surface area contributed by atoms with E-state index >= 15 is 0 Å². The van der Waals surface area contributed by atoms with Gasteiger partial charge >= 0.3 is 5.97 Å². The summed E-state index contributed by atoms with van der Waals surface area (Å²) in [4.78, 5) is 10.4. The molecule has 0 unspecified atom stereocenters. The number of halogens is 2. The molecule has 12 heavy (non-hydrogen) atoms. The fourth-order valence-electron chi connectivity index (χ4n) is 0.663. The minimum absolute atomic E-state index is 0. The Labute approximate surface area is 78.8 Å². The van der Waals surface area contributed by atoms with Gasteiger partial charge in [0.05, 0.1) is 10.6 Å². The summed E-state index contributed by atoms with van der Waals surface area (Å²) in [5, 5.41) is 9.12. The molecule has 66 valence electrons. The topological polar surface area (TPSA) is 68.8 Å². The van der Waals surface area contributed by atoms with Crippen molar-refractivity contribution < 1.29 is 15.4 Å². The van der Waals surface area contributed by atoms with Crippen molar-refractivity contribution in [2.45, 2.75) is 0 Å². The average Bonchev–Trinajstić information content (AvgIpc) is 1.85. The van der Waals surface area contributed by atoms with E-state index in [2.05, 4.69) is 0 Å². The van der Waals surface area contributed by atoms with E-state index in [1.165, 1.54) is 18.2 Å². The molecular formula is C7H6Cl2O3. The molecule has 0 saturated heterocycles. The highest BCUT2D eigenvalue weighted by Gasteiger charge is 2.07. The third-order valence-electron chi connectivity index (χ3n) is 1.16. The van der Waals surface area contributed by atoms with E-state index in [-0.39, 0.29) is 16.1 Å². The van der Waals surface area contributed by atoms with Crippen molar-refractivity contribution in [2.24, 2.45) is 0 Å². The Morgan fingerprint density at radius 1 is 1.33 bits per heavy atom. The zero-order valence-electron chi connectivity index (χ0n) is 5.84. The van der Waals surface area contributed by atoms with Gasteiger partial charge in [-0.3, -0.25) is 0 Å². The highest BCUT2D eigenvalue weighted by molar-refractivity contribution is 6.36. The first-order valence-electron chi connectivity index (χ1n) is 2.79. The van der Waals surface area contributed by atoms with Crippen LogP contribution in [0.5, 0.6) is 0 Å². The minimum Gasteiger partial charge on any atom is -0.478 e. The van der Waals surface area contributed by atoms with Crippen LogP contribution in [0.4, 0.5) is 0 Å². The largest absolute Gasteiger partial charge is 0.478 e. The molecule has 0 saturated carbocycles. The Kier molecular flexibility index (Phi) is 4.03. The van der Waals surface area contributed by atoms with Crippen LogP contribution in [-0.4, -0.2) is 16.6 Å². The van der Waals surface area contributed by atoms with E-state index < -0.39 is 5.97 Å². The third-order valence-corrected chi connectivity index (χ3v) is 1.71. The monoisotopic (exact) mass is 208 g/mol. The van der Waals surface area contributed by atoms with Gasteiger partial charge in [-0.05, 0) is 18.2 Å². The van der Waals surface area contributed by atoms with Gasteiger partial charge < -0.3 is 10.6 Å². The molecule has 0 aliphatic carbocycles. The summed E-state index contributed by atoms with van der Waals surface area (Å²) >= 11 is 11.1.